The normalized spacial score (nSPS) is 18.5. The van der Waals surface area contributed by atoms with Crippen molar-refractivity contribution in [3.8, 4) is 23.0 Å². The highest BCUT2D eigenvalue weighted by atomic mass is 35.5. The van der Waals surface area contributed by atoms with Gasteiger partial charge in [0.25, 0.3) is 0 Å². The molecule has 2 fully saturated rings. The number of aromatic nitrogens is 6. The molecule has 33 heavy (non-hydrogen) atoms. The van der Waals surface area contributed by atoms with E-state index in [4.69, 9.17) is 26.1 Å². The Morgan fingerprint density at radius 1 is 1.33 bits per heavy atom. The molecule has 0 amide bonds. The molecule has 4 aromatic rings. The second-order valence-electron chi connectivity index (χ2n) is 8.95. The molecule has 0 bridgehead atoms. The van der Waals surface area contributed by atoms with Gasteiger partial charge in [0.15, 0.2) is 11.6 Å². The van der Waals surface area contributed by atoms with Crippen LogP contribution in [-0.4, -0.2) is 67.6 Å². The number of ether oxygens (including phenoxy) is 2. The Hall–Kier alpha value is -2.95. The van der Waals surface area contributed by atoms with Crippen molar-refractivity contribution in [2.45, 2.75) is 13.0 Å². The number of methoxy groups -OCH3 is 1. The summed E-state index contributed by atoms with van der Waals surface area (Å²) >= 11 is 6.24. The number of fused-ring (bicyclic) bond motifs is 1. The summed E-state index contributed by atoms with van der Waals surface area (Å²) in [6.45, 7) is 5.75. The second kappa shape index (κ2) is 7.28. The number of aromatic amines is 1. The topological polar surface area (TPSA) is 86.0 Å². The Bertz CT molecular complexity index is 1350. The first kappa shape index (κ1) is 20.6. The predicted octanol–water partition coefficient (Wildman–Crippen LogP) is 3.34. The maximum Gasteiger partial charge on any atom is 0.200 e. The van der Waals surface area contributed by atoms with Crippen LogP contribution in [0.2, 0.25) is 5.02 Å². The van der Waals surface area contributed by atoms with Crippen molar-refractivity contribution in [1.82, 2.24) is 34.2 Å². The van der Waals surface area contributed by atoms with Crippen molar-refractivity contribution < 1.29 is 13.9 Å². The van der Waals surface area contributed by atoms with Crippen molar-refractivity contribution >= 4 is 22.5 Å². The first-order chi connectivity index (χ1) is 15.9. The van der Waals surface area contributed by atoms with E-state index in [1.54, 1.807) is 36.4 Å². The van der Waals surface area contributed by atoms with E-state index in [0.29, 0.717) is 33.5 Å². The summed E-state index contributed by atoms with van der Waals surface area (Å²) in [5.74, 6) is 0.934. The molecule has 3 aromatic heterocycles. The molecule has 172 valence electrons. The van der Waals surface area contributed by atoms with Crippen LogP contribution in [0, 0.1) is 11.2 Å². The average Bonchev–Trinajstić information content (AvgIpc) is 3.47. The molecular formula is C22H23ClFN7O2. The van der Waals surface area contributed by atoms with Gasteiger partial charge in [0.1, 0.15) is 22.3 Å². The summed E-state index contributed by atoms with van der Waals surface area (Å²) < 4.78 is 29.6. The van der Waals surface area contributed by atoms with E-state index in [-0.39, 0.29) is 16.8 Å². The standard InChI is InChI=1S/C22H23ClFN7O2/c1-12(31-7-22(8-31)9-33-10-22)20-26-21(28-27-20)19-18(30-5-4-25-11-30)13-6-14(32-3)15(23)16(24)17(13)29(19)2/h4-6,11-12H,7-10H2,1-3H3,(H,26,27,28). The Morgan fingerprint density at radius 3 is 2.76 bits per heavy atom. The first-order valence-electron chi connectivity index (χ1n) is 10.7. The zero-order chi connectivity index (χ0) is 22.9. The molecule has 2 aliphatic heterocycles. The van der Waals surface area contributed by atoms with E-state index in [2.05, 4.69) is 27.0 Å². The first-order valence-corrected chi connectivity index (χ1v) is 11.1. The van der Waals surface area contributed by atoms with E-state index >= 15 is 4.39 Å². The largest absolute Gasteiger partial charge is 0.495 e. The quantitative estimate of drug-likeness (QED) is 0.480. The molecule has 9 nitrogen and oxygen atoms in total. The highest BCUT2D eigenvalue weighted by Gasteiger charge is 2.50. The molecule has 1 atom stereocenters. The predicted molar refractivity (Wildman–Crippen MR) is 120 cm³/mol. The van der Waals surface area contributed by atoms with Gasteiger partial charge in [-0.15, -0.1) is 0 Å². The second-order valence-corrected chi connectivity index (χ2v) is 9.33. The van der Waals surface area contributed by atoms with E-state index in [1.807, 2.05) is 4.57 Å². The number of halogens is 2. The fraction of sp³-hybridized carbons (Fsp3) is 0.409. The van der Waals surface area contributed by atoms with Crippen LogP contribution < -0.4 is 4.74 Å². The number of imidazole rings is 1. The number of aryl methyl sites for hydroxylation is 1. The van der Waals surface area contributed by atoms with Crippen LogP contribution in [0.4, 0.5) is 4.39 Å². The third kappa shape index (κ3) is 2.94. The Morgan fingerprint density at radius 2 is 2.12 bits per heavy atom. The van der Waals surface area contributed by atoms with Crippen molar-refractivity contribution in [2.75, 3.05) is 33.4 Å². The molecule has 2 saturated heterocycles. The van der Waals surface area contributed by atoms with E-state index in [1.165, 1.54) is 7.11 Å². The van der Waals surface area contributed by atoms with Gasteiger partial charge < -0.3 is 18.6 Å². The summed E-state index contributed by atoms with van der Waals surface area (Å²) in [5.41, 5.74) is 2.01. The maximum absolute atomic E-state index is 15.3. The summed E-state index contributed by atoms with van der Waals surface area (Å²) in [5, 5.41) is 8.16. The number of likely N-dealkylation sites (tertiary alicyclic amines) is 1. The fourth-order valence-electron chi connectivity index (χ4n) is 4.96. The van der Waals surface area contributed by atoms with Crippen LogP contribution in [0.5, 0.6) is 5.75 Å². The SMILES string of the molecule is COc1cc2c(-n3ccnc3)c(-c3n[nH]c(C(C)N4CC5(COC5)C4)n3)n(C)c2c(F)c1Cl. The molecule has 0 radical (unpaired) electrons. The van der Waals surface area contributed by atoms with Gasteiger partial charge in [-0.1, -0.05) is 11.6 Å². The molecule has 0 saturated carbocycles. The molecule has 1 spiro atoms. The van der Waals surface area contributed by atoms with Crippen LogP contribution in [0.25, 0.3) is 28.1 Å². The number of rotatable bonds is 5. The van der Waals surface area contributed by atoms with Gasteiger partial charge in [-0.2, -0.15) is 5.10 Å². The fourth-order valence-corrected chi connectivity index (χ4v) is 5.18. The third-order valence-electron chi connectivity index (χ3n) is 6.83. The molecule has 1 aromatic carbocycles. The molecule has 1 unspecified atom stereocenters. The van der Waals surface area contributed by atoms with E-state index in [9.17, 15) is 0 Å². The number of hydrogen-bond donors (Lipinski definition) is 1. The highest BCUT2D eigenvalue weighted by Crippen LogP contribution is 2.43. The summed E-state index contributed by atoms with van der Waals surface area (Å²) in [6, 6.07) is 1.81. The third-order valence-corrected chi connectivity index (χ3v) is 7.18. The van der Waals surface area contributed by atoms with Gasteiger partial charge in [-0.05, 0) is 13.0 Å². The Labute approximate surface area is 194 Å². The molecule has 6 rings (SSSR count). The molecule has 1 N–H and O–H groups in total. The summed E-state index contributed by atoms with van der Waals surface area (Å²) in [6.07, 6.45) is 5.13. The lowest BCUT2D eigenvalue weighted by Gasteiger charge is -2.56. The molecule has 2 aliphatic rings. The lowest BCUT2D eigenvalue weighted by molar-refractivity contribution is -0.198. The highest BCUT2D eigenvalue weighted by molar-refractivity contribution is 6.33. The van der Waals surface area contributed by atoms with Crippen molar-refractivity contribution in [1.29, 1.82) is 0 Å². The van der Waals surface area contributed by atoms with Crippen LogP contribution in [0.15, 0.2) is 24.8 Å². The zero-order valence-electron chi connectivity index (χ0n) is 18.5. The van der Waals surface area contributed by atoms with Crippen molar-refractivity contribution in [2.24, 2.45) is 12.5 Å². The van der Waals surface area contributed by atoms with Crippen LogP contribution in [-0.2, 0) is 11.8 Å². The van der Waals surface area contributed by atoms with E-state index < -0.39 is 5.82 Å². The van der Waals surface area contributed by atoms with Gasteiger partial charge in [-0.3, -0.25) is 10.00 Å². The van der Waals surface area contributed by atoms with Crippen LogP contribution in [0.1, 0.15) is 18.8 Å². The van der Waals surface area contributed by atoms with Crippen molar-refractivity contribution in [3.05, 3.63) is 41.5 Å². The molecular weight excluding hydrogens is 449 g/mol. The number of benzene rings is 1. The average molecular weight is 472 g/mol. The molecule has 0 aliphatic carbocycles. The number of nitrogens with zero attached hydrogens (tertiary/aromatic N) is 6. The molecule has 11 heteroatoms. The van der Waals surface area contributed by atoms with Gasteiger partial charge in [0.05, 0.1) is 43.9 Å². The van der Waals surface area contributed by atoms with Crippen LogP contribution in [0.3, 0.4) is 0 Å². The summed E-state index contributed by atoms with van der Waals surface area (Å²) in [7, 11) is 3.24. The smallest absolute Gasteiger partial charge is 0.200 e. The minimum atomic E-state index is -0.557. The minimum absolute atomic E-state index is 0.0645. The van der Waals surface area contributed by atoms with Gasteiger partial charge in [0.2, 0.25) is 0 Å². The van der Waals surface area contributed by atoms with Gasteiger partial charge >= 0.3 is 0 Å². The maximum atomic E-state index is 15.3. The van der Waals surface area contributed by atoms with Crippen molar-refractivity contribution in [3.63, 3.8) is 0 Å². The number of nitrogens with one attached hydrogen (secondary N) is 1. The van der Waals surface area contributed by atoms with Gasteiger partial charge in [-0.25, -0.2) is 14.4 Å². The lowest BCUT2D eigenvalue weighted by atomic mass is 9.77. The minimum Gasteiger partial charge on any atom is -0.495 e. The van der Waals surface area contributed by atoms with E-state index in [0.717, 1.165) is 32.1 Å². The monoisotopic (exact) mass is 471 g/mol. The Balaban J connectivity index is 1.47. The summed E-state index contributed by atoms with van der Waals surface area (Å²) in [4.78, 5) is 11.3. The molecule has 5 heterocycles. The van der Waals surface area contributed by atoms with Crippen LogP contribution >= 0.6 is 11.6 Å². The number of H-pyrrole nitrogens is 1. The van der Waals surface area contributed by atoms with Gasteiger partial charge in [0, 0.05) is 43.3 Å². The number of hydrogen-bond acceptors (Lipinski definition) is 6. The lowest BCUT2D eigenvalue weighted by Crippen LogP contribution is -2.66. The zero-order valence-corrected chi connectivity index (χ0v) is 19.2. The Kier molecular flexibility index (Phi) is 4.55.